The van der Waals surface area contributed by atoms with E-state index < -0.39 is 41.9 Å². The van der Waals surface area contributed by atoms with Crippen LogP contribution in [0.3, 0.4) is 0 Å². The Morgan fingerprint density at radius 3 is 2.64 bits per heavy atom. The van der Waals surface area contributed by atoms with E-state index in [1.807, 2.05) is 4.90 Å². The van der Waals surface area contributed by atoms with Crippen LogP contribution in [0.5, 0.6) is 5.75 Å². The maximum atomic E-state index is 15.2. The van der Waals surface area contributed by atoms with Gasteiger partial charge in [-0.15, -0.1) is 0 Å². The van der Waals surface area contributed by atoms with Crippen LogP contribution >= 0.6 is 0 Å². The van der Waals surface area contributed by atoms with Gasteiger partial charge in [0.2, 0.25) is 12.0 Å². The lowest BCUT2D eigenvalue weighted by Crippen LogP contribution is -2.47. The molecule has 42 heavy (non-hydrogen) atoms. The van der Waals surface area contributed by atoms with Crippen molar-refractivity contribution in [3.05, 3.63) is 73.8 Å². The summed E-state index contributed by atoms with van der Waals surface area (Å²) in [5.41, 5.74) is 1.02. The largest absolute Gasteiger partial charge is 0.494 e. The molecule has 14 heteroatoms. The smallest absolute Gasteiger partial charge is 0.492 e. The zero-order chi connectivity index (χ0) is 29.5. The first-order valence-corrected chi connectivity index (χ1v) is 14.0. The van der Waals surface area contributed by atoms with E-state index in [1.165, 1.54) is 12.3 Å². The zero-order valence-electron chi connectivity index (χ0n) is 22.8. The van der Waals surface area contributed by atoms with Crippen LogP contribution in [0, 0.1) is 15.9 Å². The predicted molar refractivity (Wildman–Crippen MR) is 152 cm³/mol. The van der Waals surface area contributed by atoms with Crippen LogP contribution < -0.4 is 20.5 Å². The molecule has 220 valence electrons. The number of fused-ring (bicyclic) bond motifs is 2. The number of carbonyl (C=O) groups is 1. The molecule has 2 aliphatic heterocycles. The number of carboxylic acids is 1. The quantitative estimate of drug-likeness (QED) is 0.158. The third kappa shape index (κ3) is 5.57. The van der Waals surface area contributed by atoms with Crippen molar-refractivity contribution in [2.45, 2.75) is 31.4 Å². The van der Waals surface area contributed by atoms with Crippen molar-refractivity contribution in [3.8, 4) is 5.75 Å². The van der Waals surface area contributed by atoms with E-state index in [2.05, 4.69) is 4.90 Å². The van der Waals surface area contributed by atoms with Crippen LogP contribution in [0.15, 0.2) is 41.3 Å². The van der Waals surface area contributed by atoms with E-state index in [4.69, 9.17) is 9.39 Å². The van der Waals surface area contributed by atoms with E-state index in [0.29, 0.717) is 60.8 Å². The van der Waals surface area contributed by atoms with Crippen LogP contribution in [-0.2, 0) is 4.65 Å². The Morgan fingerprint density at radius 1 is 1.19 bits per heavy atom. The van der Waals surface area contributed by atoms with Crippen molar-refractivity contribution in [1.82, 2.24) is 9.47 Å². The molecular weight excluding hydrogens is 550 g/mol. The van der Waals surface area contributed by atoms with Gasteiger partial charge in [0.1, 0.15) is 23.2 Å². The van der Waals surface area contributed by atoms with E-state index in [9.17, 15) is 29.8 Å². The number of anilines is 1. The normalized spacial score (nSPS) is 18.9. The molecule has 0 spiro atoms. The zero-order valence-corrected chi connectivity index (χ0v) is 22.8. The van der Waals surface area contributed by atoms with Crippen LogP contribution in [0.1, 0.15) is 47.3 Å². The van der Waals surface area contributed by atoms with Gasteiger partial charge >= 0.3 is 13.1 Å². The van der Waals surface area contributed by atoms with Gasteiger partial charge < -0.3 is 29.0 Å². The Bertz CT molecular complexity index is 1610. The SMILES string of the molecule is O=C(O)c1cn(C2CC2)c2cc(N3CCN(CCCOc4ccc5c(c4)B(O)OC5C[N+](=O)[O-])CC3)c(F)cc2c1=O. The highest BCUT2D eigenvalue weighted by Gasteiger charge is 2.38. The highest BCUT2D eigenvalue weighted by atomic mass is 19.1. The van der Waals surface area contributed by atoms with E-state index in [1.54, 1.807) is 28.8 Å². The molecule has 0 radical (unpaired) electrons. The fourth-order valence-corrected chi connectivity index (χ4v) is 5.83. The van der Waals surface area contributed by atoms with Gasteiger partial charge in [-0.2, -0.15) is 0 Å². The van der Waals surface area contributed by atoms with Gasteiger partial charge in [0.25, 0.3) is 0 Å². The van der Waals surface area contributed by atoms with Crippen LogP contribution in [0.2, 0.25) is 0 Å². The number of hydrogen-bond donors (Lipinski definition) is 2. The van der Waals surface area contributed by atoms with Gasteiger partial charge in [-0.25, -0.2) is 9.18 Å². The number of nitrogens with zero attached hydrogens (tertiary/aromatic N) is 4. The minimum Gasteiger partial charge on any atom is -0.494 e. The number of hydrogen-bond acceptors (Lipinski definition) is 9. The van der Waals surface area contributed by atoms with Gasteiger partial charge in [0, 0.05) is 55.3 Å². The molecule has 0 amide bonds. The maximum absolute atomic E-state index is 15.2. The number of piperazine rings is 1. The van der Waals surface area contributed by atoms with Crippen molar-refractivity contribution in [1.29, 1.82) is 0 Å². The Morgan fingerprint density at radius 2 is 1.95 bits per heavy atom. The van der Waals surface area contributed by atoms with Crippen molar-refractivity contribution in [3.63, 3.8) is 0 Å². The number of aromatic nitrogens is 1. The van der Waals surface area contributed by atoms with Crippen molar-refractivity contribution >= 4 is 35.1 Å². The Hall–Kier alpha value is -4.01. The summed E-state index contributed by atoms with van der Waals surface area (Å²) in [7, 11) is -1.22. The molecule has 1 saturated carbocycles. The van der Waals surface area contributed by atoms with Gasteiger partial charge in [0.05, 0.1) is 17.8 Å². The number of benzene rings is 2. The number of ether oxygens (including phenoxy) is 1. The molecule has 1 saturated heterocycles. The molecule has 3 aliphatic rings. The second kappa shape index (κ2) is 11.3. The number of aromatic carboxylic acids is 1. The molecule has 3 heterocycles. The topological polar surface area (TPSA) is 148 Å². The minimum atomic E-state index is -1.31. The predicted octanol–water partition coefficient (Wildman–Crippen LogP) is 1.80. The highest BCUT2D eigenvalue weighted by molar-refractivity contribution is 6.61. The summed E-state index contributed by atoms with van der Waals surface area (Å²) in [6.45, 7) is 3.41. The molecule has 12 nitrogen and oxygen atoms in total. The Kier molecular flexibility index (Phi) is 7.60. The van der Waals surface area contributed by atoms with Gasteiger partial charge in [-0.3, -0.25) is 19.8 Å². The summed E-state index contributed by atoms with van der Waals surface area (Å²) in [5.74, 6) is -1.30. The van der Waals surface area contributed by atoms with Crippen LogP contribution in [0.4, 0.5) is 10.1 Å². The number of halogens is 1. The molecule has 1 atom stereocenters. The standard InChI is InChI=1S/C28H30BFN4O8/c30-23-13-20-24(33(17-2-3-17)15-21(27(20)35)28(36)37)14-25(23)32-9-7-31(8-10-32)6-1-11-41-18-4-5-19-22(12-18)29(38)42-26(19)16-34(39)40/h4-5,12-15,17,26,38H,1-3,6-11,16H2,(H,36,37). The molecule has 6 rings (SSSR count). The summed E-state index contributed by atoms with van der Waals surface area (Å²) in [4.78, 5) is 38.9. The number of rotatable bonds is 10. The van der Waals surface area contributed by atoms with Crippen LogP contribution in [0.25, 0.3) is 10.9 Å². The monoisotopic (exact) mass is 580 g/mol. The van der Waals surface area contributed by atoms with Gasteiger partial charge in [-0.1, -0.05) is 6.07 Å². The Balaban J connectivity index is 1.04. The summed E-state index contributed by atoms with van der Waals surface area (Å²) >= 11 is 0. The fraction of sp³-hybridized carbons (Fsp3) is 0.429. The second-order valence-corrected chi connectivity index (χ2v) is 11.0. The molecule has 3 aromatic rings. The van der Waals surface area contributed by atoms with Crippen molar-refractivity contribution in [2.24, 2.45) is 0 Å². The first-order chi connectivity index (χ1) is 20.2. The number of carboxylic acid groups (broad SMARTS) is 1. The van der Waals surface area contributed by atoms with E-state index >= 15 is 4.39 Å². The summed E-state index contributed by atoms with van der Waals surface area (Å²) in [5, 5.41) is 30.5. The second-order valence-electron chi connectivity index (χ2n) is 11.0. The van der Waals surface area contributed by atoms with Crippen LogP contribution in [-0.4, -0.2) is 83.5 Å². The average molecular weight is 580 g/mol. The third-order valence-corrected chi connectivity index (χ3v) is 8.15. The molecular formula is C28H30BFN4O8. The van der Waals surface area contributed by atoms with Gasteiger partial charge in [0.15, 0.2) is 0 Å². The molecule has 2 fully saturated rings. The maximum Gasteiger partial charge on any atom is 0.492 e. The lowest BCUT2D eigenvalue weighted by molar-refractivity contribution is -0.490. The highest BCUT2D eigenvalue weighted by Crippen LogP contribution is 2.38. The molecule has 2 N–H and O–H groups in total. The van der Waals surface area contributed by atoms with Crippen molar-refractivity contribution in [2.75, 3.05) is 50.8 Å². The molecule has 2 aromatic carbocycles. The number of nitro groups is 1. The summed E-state index contributed by atoms with van der Waals surface area (Å²) in [6, 6.07) is 8.03. The number of pyridine rings is 1. The van der Waals surface area contributed by atoms with E-state index in [-0.39, 0.29) is 17.0 Å². The summed E-state index contributed by atoms with van der Waals surface area (Å²) in [6.07, 6.45) is 3.12. The fourth-order valence-electron chi connectivity index (χ4n) is 5.83. The minimum absolute atomic E-state index is 0.0865. The summed E-state index contributed by atoms with van der Waals surface area (Å²) < 4.78 is 28.2. The average Bonchev–Trinajstić information content (AvgIpc) is 3.76. The molecule has 1 aliphatic carbocycles. The van der Waals surface area contributed by atoms with Gasteiger partial charge in [-0.05, 0) is 54.6 Å². The van der Waals surface area contributed by atoms with Crippen molar-refractivity contribution < 1.29 is 33.6 Å². The first kappa shape index (κ1) is 28.1. The lowest BCUT2D eigenvalue weighted by Gasteiger charge is -2.36. The molecule has 0 bridgehead atoms. The Labute approximate surface area is 240 Å². The first-order valence-electron chi connectivity index (χ1n) is 14.0. The molecule has 1 aromatic heterocycles. The third-order valence-electron chi connectivity index (χ3n) is 8.15. The molecule has 1 unspecified atom stereocenters. The lowest BCUT2D eigenvalue weighted by atomic mass is 9.79. The van der Waals surface area contributed by atoms with E-state index in [0.717, 1.165) is 25.8 Å².